The van der Waals surface area contributed by atoms with E-state index in [1.54, 1.807) is 32.0 Å². The second kappa shape index (κ2) is 8.74. The Hall–Kier alpha value is -3.07. The van der Waals surface area contributed by atoms with Crippen molar-refractivity contribution in [1.29, 1.82) is 0 Å². The summed E-state index contributed by atoms with van der Waals surface area (Å²) < 4.78 is 7.73. The van der Waals surface area contributed by atoms with Crippen molar-refractivity contribution in [2.45, 2.75) is 40.0 Å². The Morgan fingerprint density at radius 1 is 1.17 bits per heavy atom. The van der Waals surface area contributed by atoms with E-state index in [9.17, 15) is 14.4 Å². The molecule has 3 rings (SSSR count). The van der Waals surface area contributed by atoms with Gasteiger partial charge in [-0.1, -0.05) is 35.0 Å². The average Bonchev–Trinajstić information content (AvgIpc) is 3.27. The standard InChI is InChI=1S/C21H20BrN3O5/c1-4-15-23-24-21(30-15)19-11(2)18(20(29)13-6-5-7-14(22)10-13)12(3)25(19)16(26)8-9-17(27)28/h5-7,10H,4,8-9H2,1-3H3,(H,27,28). The number of carbonyl (C=O) groups excluding carboxylic acids is 2. The fourth-order valence-corrected chi connectivity index (χ4v) is 3.73. The first-order valence-electron chi connectivity index (χ1n) is 9.34. The molecule has 0 saturated carbocycles. The quantitative estimate of drug-likeness (QED) is 0.510. The number of halogens is 1. The van der Waals surface area contributed by atoms with Crippen molar-refractivity contribution in [3.05, 3.63) is 57.0 Å². The number of hydrogen-bond acceptors (Lipinski definition) is 6. The number of carbonyl (C=O) groups is 3. The molecule has 8 nitrogen and oxygen atoms in total. The minimum atomic E-state index is -1.08. The summed E-state index contributed by atoms with van der Waals surface area (Å²) in [6.45, 7) is 5.22. The molecule has 0 amide bonds. The van der Waals surface area contributed by atoms with Crippen molar-refractivity contribution in [3.63, 3.8) is 0 Å². The molecule has 0 aliphatic heterocycles. The minimum Gasteiger partial charge on any atom is -0.481 e. The van der Waals surface area contributed by atoms with Crippen LogP contribution in [0.5, 0.6) is 0 Å². The number of nitrogens with zero attached hydrogens (tertiary/aromatic N) is 3. The van der Waals surface area contributed by atoms with Crippen LogP contribution in [0.3, 0.4) is 0 Å². The summed E-state index contributed by atoms with van der Waals surface area (Å²) in [5, 5.41) is 16.9. The van der Waals surface area contributed by atoms with Gasteiger partial charge in [-0.3, -0.25) is 19.0 Å². The van der Waals surface area contributed by atoms with Crippen LogP contribution < -0.4 is 0 Å². The van der Waals surface area contributed by atoms with Crippen molar-refractivity contribution >= 4 is 33.6 Å². The summed E-state index contributed by atoms with van der Waals surface area (Å²) in [7, 11) is 0. The van der Waals surface area contributed by atoms with Gasteiger partial charge in [0, 0.05) is 34.1 Å². The third-order valence-corrected chi connectivity index (χ3v) is 5.23. The van der Waals surface area contributed by atoms with E-state index < -0.39 is 11.9 Å². The number of hydrogen-bond donors (Lipinski definition) is 1. The van der Waals surface area contributed by atoms with Crippen LogP contribution in [0.2, 0.25) is 0 Å². The number of aromatic nitrogens is 3. The van der Waals surface area contributed by atoms with Crippen molar-refractivity contribution in [3.8, 4) is 11.6 Å². The van der Waals surface area contributed by atoms with Gasteiger partial charge in [-0.05, 0) is 31.5 Å². The highest BCUT2D eigenvalue weighted by atomic mass is 79.9. The summed E-state index contributed by atoms with van der Waals surface area (Å²) in [5.74, 6) is -1.29. The van der Waals surface area contributed by atoms with Gasteiger partial charge in [-0.25, -0.2) is 0 Å². The van der Waals surface area contributed by atoms with E-state index in [2.05, 4.69) is 26.1 Å². The summed E-state index contributed by atoms with van der Waals surface area (Å²) >= 11 is 3.36. The van der Waals surface area contributed by atoms with Gasteiger partial charge < -0.3 is 9.52 Å². The molecule has 0 radical (unpaired) electrons. The second-order valence-corrected chi connectivity index (χ2v) is 7.67. The molecule has 1 N–H and O–H groups in total. The fourth-order valence-electron chi connectivity index (χ4n) is 3.33. The van der Waals surface area contributed by atoms with Gasteiger partial charge in [0.2, 0.25) is 11.8 Å². The normalized spacial score (nSPS) is 10.9. The monoisotopic (exact) mass is 473 g/mol. The Kier molecular flexibility index (Phi) is 6.31. The second-order valence-electron chi connectivity index (χ2n) is 6.75. The summed E-state index contributed by atoms with van der Waals surface area (Å²) in [6, 6.07) is 6.96. The SMILES string of the molecule is CCc1nnc(-c2c(C)c(C(=O)c3cccc(Br)c3)c(C)n2C(=O)CCC(=O)O)o1. The molecule has 0 aliphatic rings. The number of carboxylic acid groups (broad SMARTS) is 1. The third kappa shape index (κ3) is 4.11. The molecule has 3 aromatic rings. The lowest BCUT2D eigenvalue weighted by Gasteiger charge is -2.08. The van der Waals surface area contributed by atoms with E-state index in [0.29, 0.717) is 40.4 Å². The van der Waals surface area contributed by atoms with E-state index >= 15 is 0 Å². The zero-order valence-corrected chi connectivity index (χ0v) is 18.3. The predicted molar refractivity (Wildman–Crippen MR) is 112 cm³/mol. The number of aryl methyl sites for hydroxylation is 1. The molecular formula is C21H20BrN3O5. The molecule has 2 aromatic heterocycles. The Bertz CT molecular complexity index is 1150. The molecule has 0 saturated heterocycles. The third-order valence-electron chi connectivity index (χ3n) is 4.74. The number of rotatable bonds is 7. The summed E-state index contributed by atoms with van der Waals surface area (Å²) in [6.07, 6.45) is -0.0347. The molecule has 9 heteroatoms. The van der Waals surface area contributed by atoms with Crippen LogP contribution >= 0.6 is 15.9 Å². The van der Waals surface area contributed by atoms with Crippen LogP contribution in [0, 0.1) is 13.8 Å². The van der Waals surface area contributed by atoms with Gasteiger partial charge in [0.25, 0.3) is 5.89 Å². The van der Waals surface area contributed by atoms with Crippen LogP contribution in [0.4, 0.5) is 0 Å². The maximum absolute atomic E-state index is 13.3. The van der Waals surface area contributed by atoms with Crippen molar-refractivity contribution in [2.24, 2.45) is 0 Å². The maximum atomic E-state index is 13.3. The van der Waals surface area contributed by atoms with E-state index in [-0.39, 0.29) is 24.5 Å². The summed E-state index contributed by atoms with van der Waals surface area (Å²) in [5.41, 5.74) is 2.04. The number of aliphatic carboxylic acids is 1. The highest BCUT2D eigenvalue weighted by molar-refractivity contribution is 9.10. The summed E-state index contributed by atoms with van der Waals surface area (Å²) in [4.78, 5) is 37.1. The Balaban J connectivity index is 2.19. The van der Waals surface area contributed by atoms with Gasteiger partial charge in [0.15, 0.2) is 5.78 Å². The van der Waals surface area contributed by atoms with Crippen LogP contribution in [0.15, 0.2) is 33.2 Å². The lowest BCUT2D eigenvalue weighted by atomic mass is 10.00. The topological polar surface area (TPSA) is 115 Å². The van der Waals surface area contributed by atoms with Crippen LogP contribution in [0.25, 0.3) is 11.6 Å². The van der Waals surface area contributed by atoms with E-state index in [4.69, 9.17) is 9.52 Å². The molecule has 1 aromatic carbocycles. The molecule has 0 unspecified atom stereocenters. The first kappa shape index (κ1) is 21.6. The van der Waals surface area contributed by atoms with Gasteiger partial charge in [0.05, 0.1) is 6.42 Å². The smallest absolute Gasteiger partial charge is 0.303 e. The lowest BCUT2D eigenvalue weighted by Crippen LogP contribution is -2.16. The minimum absolute atomic E-state index is 0.115. The predicted octanol–water partition coefficient (Wildman–Crippen LogP) is 4.22. The Morgan fingerprint density at radius 2 is 1.90 bits per heavy atom. The first-order valence-corrected chi connectivity index (χ1v) is 10.1. The van der Waals surface area contributed by atoms with E-state index in [1.807, 2.05) is 13.0 Å². The number of carboxylic acids is 1. The van der Waals surface area contributed by atoms with Crippen LogP contribution in [-0.4, -0.2) is 37.5 Å². The molecule has 0 atom stereocenters. The highest BCUT2D eigenvalue weighted by Gasteiger charge is 2.29. The van der Waals surface area contributed by atoms with Crippen LogP contribution in [-0.2, 0) is 11.2 Å². The van der Waals surface area contributed by atoms with Crippen molar-refractivity contribution in [1.82, 2.24) is 14.8 Å². The highest BCUT2D eigenvalue weighted by Crippen LogP contribution is 2.33. The molecule has 156 valence electrons. The average molecular weight is 474 g/mol. The molecule has 2 heterocycles. The molecular weight excluding hydrogens is 454 g/mol. The molecule has 30 heavy (non-hydrogen) atoms. The fraction of sp³-hybridized carbons (Fsp3) is 0.286. The van der Waals surface area contributed by atoms with E-state index in [1.165, 1.54) is 4.57 Å². The molecule has 0 aliphatic carbocycles. The van der Waals surface area contributed by atoms with Crippen LogP contribution in [0.1, 0.15) is 57.6 Å². The Morgan fingerprint density at radius 3 is 2.50 bits per heavy atom. The van der Waals surface area contributed by atoms with Gasteiger partial charge in [-0.2, -0.15) is 0 Å². The Labute approximate surface area is 181 Å². The van der Waals surface area contributed by atoms with E-state index in [0.717, 1.165) is 4.47 Å². The number of ketones is 1. The van der Waals surface area contributed by atoms with Gasteiger partial charge in [-0.15, -0.1) is 10.2 Å². The molecule has 0 bridgehead atoms. The lowest BCUT2D eigenvalue weighted by molar-refractivity contribution is -0.137. The van der Waals surface area contributed by atoms with Gasteiger partial charge in [0.1, 0.15) is 5.69 Å². The zero-order chi connectivity index (χ0) is 22.0. The number of benzene rings is 1. The van der Waals surface area contributed by atoms with Crippen molar-refractivity contribution in [2.75, 3.05) is 0 Å². The molecule has 0 fully saturated rings. The van der Waals surface area contributed by atoms with Crippen molar-refractivity contribution < 1.29 is 23.9 Å². The largest absolute Gasteiger partial charge is 0.481 e. The maximum Gasteiger partial charge on any atom is 0.303 e. The first-order chi connectivity index (χ1) is 14.2. The zero-order valence-electron chi connectivity index (χ0n) is 16.7. The molecule has 0 spiro atoms. The van der Waals surface area contributed by atoms with Gasteiger partial charge >= 0.3 is 5.97 Å².